The molecule has 0 heterocycles. The zero-order valence-electron chi connectivity index (χ0n) is 21.9. The highest BCUT2D eigenvalue weighted by atomic mass is 31.2. The Morgan fingerprint density at radius 2 is 1.25 bits per heavy atom. The van der Waals surface area contributed by atoms with Crippen molar-refractivity contribution in [2.24, 2.45) is 0 Å². The van der Waals surface area contributed by atoms with E-state index in [1.54, 1.807) is 0 Å². The van der Waals surface area contributed by atoms with Crippen LogP contribution in [0.4, 0.5) is 0 Å². The molecular weight excluding hydrogens is 425 g/mol. The van der Waals surface area contributed by atoms with Crippen LogP contribution in [0.5, 0.6) is 0 Å². The molecule has 32 heavy (non-hydrogen) atoms. The second-order valence-electron chi connectivity index (χ2n) is 9.92. The van der Waals surface area contributed by atoms with Crippen LogP contribution in [-0.4, -0.2) is 56.9 Å². The molecule has 0 aliphatic rings. The largest absolute Gasteiger partial charge is 0.756 e. The number of rotatable bonds is 21. The van der Waals surface area contributed by atoms with E-state index in [1.807, 2.05) is 28.1 Å². The van der Waals surface area contributed by atoms with Crippen LogP contribution in [0.2, 0.25) is 0 Å². The van der Waals surface area contributed by atoms with Gasteiger partial charge in [-0.25, -0.2) is 0 Å². The van der Waals surface area contributed by atoms with Gasteiger partial charge in [0, 0.05) is 6.61 Å². The number of ether oxygens (including phenoxy) is 1. The highest BCUT2D eigenvalue weighted by Gasteiger charge is 2.09. The fourth-order valence-corrected chi connectivity index (χ4v) is 3.39. The first kappa shape index (κ1) is 33.9. The van der Waals surface area contributed by atoms with E-state index in [0.717, 1.165) is 18.8 Å². The SMILES string of the molecule is C=C(C)COCCCCCCCCCCCCCCCC.C[N+](C)(C)CCOP(=O)([O-])O. The Kier molecular flexibility index (Phi) is 23.9. The van der Waals surface area contributed by atoms with Gasteiger partial charge in [-0.1, -0.05) is 103 Å². The molecular formula is C25H54NO5P. The standard InChI is InChI=1S/C20H40O.C5H14NO4P/c1-4-5-6-7-8-9-10-11-12-13-14-15-16-17-18-21-19-20(2)3;1-6(2,3)4-5-10-11(7,8)9/h2,4-19H2,1,3H3;4-5H2,1-3H3,(H-,7,8,9). The molecule has 0 aromatic rings. The van der Waals surface area contributed by atoms with Gasteiger partial charge in [-0.15, -0.1) is 0 Å². The van der Waals surface area contributed by atoms with Gasteiger partial charge in [-0.2, -0.15) is 0 Å². The molecule has 1 unspecified atom stereocenters. The lowest BCUT2D eigenvalue weighted by Crippen LogP contribution is -2.37. The second-order valence-corrected chi connectivity index (χ2v) is 11.1. The van der Waals surface area contributed by atoms with Crippen LogP contribution in [-0.2, 0) is 13.8 Å². The van der Waals surface area contributed by atoms with Gasteiger partial charge >= 0.3 is 0 Å². The van der Waals surface area contributed by atoms with Gasteiger partial charge < -0.3 is 23.5 Å². The normalized spacial score (nSPS) is 13.3. The van der Waals surface area contributed by atoms with Gasteiger partial charge in [-0.3, -0.25) is 4.57 Å². The number of likely N-dealkylation sites (N-methyl/N-ethyl adjacent to an activating group) is 1. The number of phosphoric ester groups is 1. The Morgan fingerprint density at radius 3 is 1.59 bits per heavy atom. The van der Waals surface area contributed by atoms with E-state index in [0.29, 0.717) is 11.0 Å². The average molecular weight is 480 g/mol. The maximum atomic E-state index is 10.1. The maximum Gasteiger partial charge on any atom is 0.265 e. The summed E-state index contributed by atoms with van der Waals surface area (Å²) in [7, 11) is 1.19. The number of unbranched alkanes of at least 4 members (excludes halogenated alkanes) is 13. The minimum atomic E-state index is -4.51. The van der Waals surface area contributed by atoms with Crippen LogP contribution in [0.25, 0.3) is 0 Å². The third kappa shape index (κ3) is 37.1. The molecule has 0 aromatic carbocycles. The first-order valence-electron chi connectivity index (χ1n) is 12.7. The van der Waals surface area contributed by atoms with Gasteiger partial charge in [0.25, 0.3) is 7.82 Å². The van der Waals surface area contributed by atoms with Crippen molar-refractivity contribution in [3.8, 4) is 0 Å². The molecule has 6 nitrogen and oxygen atoms in total. The van der Waals surface area contributed by atoms with Gasteiger partial charge in [0.05, 0.1) is 27.7 Å². The van der Waals surface area contributed by atoms with Crippen LogP contribution < -0.4 is 4.89 Å². The van der Waals surface area contributed by atoms with E-state index in [1.165, 1.54) is 89.9 Å². The third-order valence-electron chi connectivity index (χ3n) is 5.01. The van der Waals surface area contributed by atoms with Crippen molar-refractivity contribution in [1.29, 1.82) is 0 Å². The van der Waals surface area contributed by atoms with E-state index in [-0.39, 0.29) is 6.61 Å². The molecule has 7 heteroatoms. The Morgan fingerprint density at radius 1 is 0.844 bits per heavy atom. The smallest absolute Gasteiger partial charge is 0.265 e. The first-order chi connectivity index (χ1) is 15.0. The van der Waals surface area contributed by atoms with Crippen molar-refractivity contribution < 1.29 is 28.1 Å². The summed E-state index contributed by atoms with van der Waals surface area (Å²) < 4.78 is 20.3. The van der Waals surface area contributed by atoms with Gasteiger partial charge in [0.1, 0.15) is 13.2 Å². The predicted octanol–water partition coefficient (Wildman–Crippen LogP) is 6.23. The number of hydrogen-bond acceptors (Lipinski definition) is 4. The molecule has 0 aromatic heterocycles. The molecule has 0 bridgehead atoms. The number of nitrogens with zero attached hydrogens (tertiary/aromatic N) is 1. The lowest BCUT2D eigenvalue weighted by atomic mass is 10.0. The number of hydrogen-bond donors (Lipinski definition) is 1. The van der Waals surface area contributed by atoms with Crippen molar-refractivity contribution in [2.45, 2.75) is 104 Å². The lowest BCUT2D eigenvalue weighted by molar-refractivity contribution is -0.870. The van der Waals surface area contributed by atoms with Crippen molar-refractivity contribution >= 4 is 7.82 Å². The topological polar surface area (TPSA) is 78.8 Å². The van der Waals surface area contributed by atoms with E-state index < -0.39 is 7.82 Å². The third-order valence-corrected chi connectivity index (χ3v) is 5.52. The molecule has 194 valence electrons. The summed E-state index contributed by atoms with van der Waals surface area (Å²) in [6, 6.07) is 0. The highest BCUT2D eigenvalue weighted by Crippen LogP contribution is 2.29. The van der Waals surface area contributed by atoms with E-state index in [9.17, 15) is 9.46 Å². The van der Waals surface area contributed by atoms with Gasteiger partial charge in [0.15, 0.2) is 0 Å². The zero-order valence-corrected chi connectivity index (χ0v) is 22.8. The predicted molar refractivity (Wildman–Crippen MR) is 135 cm³/mol. The van der Waals surface area contributed by atoms with Crippen LogP contribution in [0, 0.1) is 0 Å². The fourth-order valence-electron chi connectivity index (χ4n) is 3.08. The zero-order chi connectivity index (χ0) is 24.7. The second kappa shape index (κ2) is 22.6. The van der Waals surface area contributed by atoms with Crippen LogP contribution in [0.1, 0.15) is 104 Å². The highest BCUT2D eigenvalue weighted by molar-refractivity contribution is 7.44. The van der Waals surface area contributed by atoms with Gasteiger partial charge in [-0.05, 0) is 13.3 Å². The minimum Gasteiger partial charge on any atom is -0.756 e. The van der Waals surface area contributed by atoms with Crippen molar-refractivity contribution in [3.05, 3.63) is 12.2 Å². The summed E-state index contributed by atoms with van der Waals surface area (Å²) in [6.07, 6.45) is 19.8. The molecule has 0 aliphatic heterocycles. The van der Waals surface area contributed by atoms with Crippen LogP contribution >= 0.6 is 7.82 Å². The molecule has 1 atom stereocenters. The van der Waals surface area contributed by atoms with E-state index >= 15 is 0 Å². The molecule has 0 spiro atoms. The summed E-state index contributed by atoms with van der Waals surface area (Å²) in [5.74, 6) is 0. The summed E-state index contributed by atoms with van der Waals surface area (Å²) in [5, 5.41) is 0. The molecule has 1 N–H and O–H groups in total. The molecule has 0 fully saturated rings. The molecule has 0 aliphatic carbocycles. The monoisotopic (exact) mass is 479 g/mol. The Balaban J connectivity index is 0. The Labute approximate surface area is 199 Å². The Hall–Kier alpha value is -0.230. The number of phosphoric acid groups is 1. The van der Waals surface area contributed by atoms with Crippen LogP contribution in [0.3, 0.4) is 0 Å². The quantitative estimate of drug-likeness (QED) is 0.0913. The lowest BCUT2D eigenvalue weighted by Gasteiger charge is -2.25. The molecule has 0 radical (unpaired) electrons. The summed E-state index contributed by atoms with van der Waals surface area (Å²) in [5.41, 5.74) is 1.13. The molecule has 0 rings (SSSR count). The first-order valence-corrected chi connectivity index (χ1v) is 14.2. The van der Waals surface area contributed by atoms with Crippen LogP contribution in [0.15, 0.2) is 12.2 Å². The maximum absolute atomic E-state index is 10.1. The van der Waals surface area contributed by atoms with Crippen molar-refractivity contribution in [1.82, 2.24) is 0 Å². The van der Waals surface area contributed by atoms with Crippen molar-refractivity contribution in [3.63, 3.8) is 0 Å². The minimum absolute atomic E-state index is 0.0147. The average Bonchev–Trinajstić information content (AvgIpc) is 2.66. The molecule has 0 saturated heterocycles. The number of quaternary nitrogens is 1. The van der Waals surface area contributed by atoms with Crippen molar-refractivity contribution in [2.75, 3.05) is 47.5 Å². The summed E-state index contributed by atoms with van der Waals surface area (Å²) >= 11 is 0. The molecule has 0 saturated carbocycles. The summed E-state index contributed by atoms with van der Waals surface area (Å²) in [6.45, 7) is 10.3. The Bertz CT molecular complexity index is 460. The van der Waals surface area contributed by atoms with E-state index in [4.69, 9.17) is 9.63 Å². The van der Waals surface area contributed by atoms with E-state index in [2.05, 4.69) is 18.0 Å². The summed E-state index contributed by atoms with van der Waals surface area (Å²) in [4.78, 5) is 18.3. The molecule has 0 amide bonds. The fraction of sp³-hybridized carbons (Fsp3) is 0.920. The van der Waals surface area contributed by atoms with Gasteiger partial charge in [0.2, 0.25) is 0 Å².